The van der Waals surface area contributed by atoms with Crippen LogP contribution >= 0.6 is 46.4 Å². The molecule has 2 fully saturated rings. The number of rotatable bonds is 5. The predicted octanol–water partition coefficient (Wildman–Crippen LogP) is 8.57. The van der Waals surface area contributed by atoms with Crippen LogP contribution in [0.4, 0.5) is 5.69 Å². The maximum atomic E-state index is 14.3. The molecular weight excluding hydrogens is 706 g/mol. The van der Waals surface area contributed by atoms with Crippen LogP contribution in [0, 0.1) is 5.92 Å². The van der Waals surface area contributed by atoms with Gasteiger partial charge < -0.3 is 0 Å². The highest BCUT2D eigenvalue weighted by atomic mass is 35.5. The Hall–Kier alpha value is -4.28. The molecule has 49 heavy (non-hydrogen) atoms. The van der Waals surface area contributed by atoms with Gasteiger partial charge in [0.05, 0.1) is 17.4 Å². The van der Waals surface area contributed by atoms with E-state index >= 15 is 0 Å². The van der Waals surface area contributed by atoms with Crippen molar-refractivity contribution in [2.45, 2.75) is 37.4 Å². The number of hydrazone groups is 1. The molecule has 9 nitrogen and oxygen atoms in total. The molecule has 1 saturated heterocycles. The first kappa shape index (κ1) is 32.0. The van der Waals surface area contributed by atoms with E-state index in [-0.39, 0.29) is 12.5 Å². The predicted molar refractivity (Wildman–Crippen MR) is 191 cm³/mol. The van der Waals surface area contributed by atoms with Crippen LogP contribution in [0.3, 0.4) is 0 Å². The van der Waals surface area contributed by atoms with Gasteiger partial charge in [0.1, 0.15) is 6.54 Å². The number of halogens is 4. The summed E-state index contributed by atoms with van der Waals surface area (Å²) in [6.07, 6.45) is 4.35. The van der Waals surface area contributed by atoms with Crippen molar-refractivity contribution in [3.8, 4) is 0 Å². The Morgan fingerprint density at radius 2 is 1.61 bits per heavy atom. The summed E-state index contributed by atoms with van der Waals surface area (Å²) >= 11 is 25.7. The van der Waals surface area contributed by atoms with Gasteiger partial charge in [-0.1, -0.05) is 100 Å². The van der Waals surface area contributed by atoms with Crippen LogP contribution in [0.1, 0.15) is 36.4 Å². The molecule has 0 aromatic heterocycles. The van der Waals surface area contributed by atoms with Gasteiger partial charge in [-0.3, -0.25) is 19.4 Å². The standard InChI is InChI=1S/C36H26Cl4N6O3/c37-22-12-11-20(27(39)16-22)15-21-7-3-9-26-31(21)42-46(33(26)25-14-13-23(38)17-28(25)40)30(47)18-44-34-32(41-43-44)35(48)45(36(34)49)29-10-4-6-19-5-1-2-8-24(19)29/h1-2,4-6,8,10-17,26,32-34H,3,7,9,18H2/b21-15+/t26-,32+,33+,34-/m0/s1. The summed E-state index contributed by atoms with van der Waals surface area (Å²) in [5, 5.41) is 19.5. The van der Waals surface area contributed by atoms with Crippen LogP contribution in [0.5, 0.6) is 0 Å². The van der Waals surface area contributed by atoms with E-state index in [0.717, 1.165) is 51.8 Å². The number of amides is 3. The smallest absolute Gasteiger partial charge is 0.264 e. The summed E-state index contributed by atoms with van der Waals surface area (Å²) in [6.45, 7) is -0.333. The largest absolute Gasteiger partial charge is 0.271 e. The molecule has 4 aromatic carbocycles. The number of anilines is 1. The molecule has 0 spiro atoms. The Kier molecular flexibility index (Phi) is 8.19. The van der Waals surface area contributed by atoms with Gasteiger partial charge in [-0.2, -0.15) is 10.2 Å². The topological polar surface area (TPSA) is 98.0 Å². The van der Waals surface area contributed by atoms with E-state index in [2.05, 4.69) is 10.3 Å². The number of hydrogen-bond acceptors (Lipinski definition) is 7. The Morgan fingerprint density at radius 3 is 2.41 bits per heavy atom. The van der Waals surface area contributed by atoms with Gasteiger partial charge in [-0.15, -0.1) is 0 Å². The number of fused-ring (bicyclic) bond motifs is 3. The highest BCUT2D eigenvalue weighted by Crippen LogP contribution is 2.47. The average Bonchev–Trinajstić information content (AvgIpc) is 3.75. The number of allylic oxidation sites excluding steroid dienone is 1. The van der Waals surface area contributed by atoms with Crippen molar-refractivity contribution in [1.29, 1.82) is 0 Å². The Bertz CT molecular complexity index is 2160. The summed E-state index contributed by atoms with van der Waals surface area (Å²) in [4.78, 5) is 43.0. The molecule has 1 aliphatic carbocycles. The first-order valence-electron chi connectivity index (χ1n) is 15.7. The minimum absolute atomic E-state index is 0.168. The maximum absolute atomic E-state index is 14.3. The van der Waals surface area contributed by atoms with Gasteiger partial charge in [0.25, 0.3) is 17.7 Å². The summed E-state index contributed by atoms with van der Waals surface area (Å²) < 4.78 is 0. The quantitative estimate of drug-likeness (QED) is 0.192. The molecule has 0 N–H and O–H groups in total. The Morgan fingerprint density at radius 1 is 0.857 bits per heavy atom. The van der Waals surface area contributed by atoms with E-state index in [1.54, 1.807) is 36.4 Å². The normalized spacial score (nSPS) is 23.9. The molecule has 3 heterocycles. The molecule has 0 radical (unpaired) electrons. The van der Waals surface area contributed by atoms with Crippen molar-refractivity contribution in [3.05, 3.63) is 116 Å². The molecular formula is C36H26Cl4N6O3. The zero-order valence-corrected chi connectivity index (χ0v) is 28.7. The number of imide groups is 1. The first-order valence-corrected chi connectivity index (χ1v) is 17.3. The first-order chi connectivity index (χ1) is 23.7. The average molecular weight is 732 g/mol. The van der Waals surface area contributed by atoms with E-state index < -0.39 is 35.8 Å². The number of carbonyl (C=O) groups is 3. The van der Waals surface area contributed by atoms with E-state index in [4.69, 9.17) is 51.5 Å². The van der Waals surface area contributed by atoms with Gasteiger partial charge in [0, 0.05) is 31.4 Å². The van der Waals surface area contributed by atoms with Crippen molar-refractivity contribution in [3.63, 3.8) is 0 Å². The third kappa shape index (κ3) is 5.49. The van der Waals surface area contributed by atoms with Gasteiger partial charge >= 0.3 is 0 Å². The summed E-state index contributed by atoms with van der Waals surface area (Å²) in [6, 6.07) is 20.8. The van der Waals surface area contributed by atoms with Gasteiger partial charge in [-0.25, -0.2) is 9.91 Å². The maximum Gasteiger partial charge on any atom is 0.264 e. The molecule has 3 amide bonds. The molecule has 8 rings (SSSR count). The van der Waals surface area contributed by atoms with Crippen LogP contribution < -0.4 is 4.90 Å². The van der Waals surface area contributed by atoms with E-state index in [9.17, 15) is 14.4 Å². The van der Waals surface area contributed by atoms with Crippen LogP contribution in [0.2, 0.25) is 20.1 Å². The van der Waals surface area contributed by atoms with Crippen LogP contribution in [0.25, 0.3) is 16.8 Å². The minimum Gasteiger partial charge on any atom is -0.271 e. The van der Waals surface area contributed by atoms with E-state index in [1.165, 1.54) is 10.0 Å². The molecule has 0 bridgehead atoms. The lowest BCUT2D eigenvalue weighted by atomic mass is 9.77. The van der Waals surface area contributed by atoms with Crippen LogP contribution in [-0.2, 0) is 14.4 Å². The number of carbonyl (C=O) groups excluding carboxylic acids is 3. The van der Waals surface area contributed by atoms with Gasteiger partial charge in [0.2, 0.25) is 0 Å². The highest BCUT2D eigenvalue weighted by molar-refractivity contribution is 6.36. The second-order valence-corrected chi connectivity index (χ2v) is 14.1. The monoisotopic (exact) mass is 730 g/mol. The fourth-order valence-electron chi connectivity index (χ4n) is 7.27. The molecule has 3 aliphatic heterocycles. The lowest BCUT2D eigenvalue weighted by Crippen LogP contribution is -2.45. The van der Waals surface area contributed by atoms with Crippen molar-refractivity contribution in [1.82, 2.24) is 10.0 Å². The third-order valence-corrected chi connectivity index (χ3v) is 10.6. The lowest BCUT2D eigenvalue weighted by molar-refractivity contribution is -0.136. The van der Waals surface area contributed by atoms with Crippen LogP contribution in [0.15, 0.2) is 99.9 Å². The van der Waals surface area contributed by atoms with Crippen molar-refractivity contribution in [2.75, 3.05) is 11.4 Å². The fraction of sp³-hybridized carbons (Fsp3) is 0.222. The Balaban J connectivity index is 1.12. The number of hydrogen-bond donors (Lipinski definition) is 0. The molecule has 1 saturated carbocycles. The Labute approximate surface area is 301 Å². The summed E-state index contributed by atoms with van der Waals surface area (Å²) in [5.74, 6) is -1.57. The zero-order valence-electron chi connectivity index (χ0n) is 25.6. The second kappa shape index (κ2) is 12.6. The number of nitrogens with zero attached hydrogens (tertiary/aromatic N) is 6. The molecule has 0 unspecified atom stereocenters. The third-order valence-electron chi connectivity index (χ3n) is 9.49. The minimum atomic E-state index is -1.06. The highest BCUT2D eigenvalue weighted by Gasteiger charge is 2.56. The molecule has 4 atom stereocenters. The summed E-state index contributed by atoms with van der Waals surface area (Å²) in [7, 11) is 0. The van der Waals surface area contributed by atoms with E-state index in [0.29, 0.717) is 31.3 Å². The summed E-state index contributed by atoms with van der Waals surface area (Å²) in [5.41, 5.74) is 3.67. The lowest BCUT2D eigenvalue weighted by Gasteiger charge is -2.31. The van der Waals surface area contributed by atoms with E-state index in [1.807, 2.05) is 48.5 Å². The van der Waals surface area contributed by atoms with Crippen LogP contribution in [-0.4, -0.2) is 52.1 Å². The van der Waals surface area contributed by atoms with Crippen molar-refractivity contribution < 1.29 is 14.4 Å². The molecule has 4 aliphatic rings. The number of benzene rings is 4. The molecule has 246 valence electrons. The molecule has 13 heteroatoms. The van der Waals surface area contributed by atoms with Gasteiger partial charge in [0.15, 0.2) is 12.1 Å². The zero-order chi connectivity index (χ0) is 34.0. The van der Waals surface area contributed by atoms with Crippen molar-refractivity contribution >= 4 is 92.4 Å². The SMILES string of the molecule is O=C1[C@@H]2[C@@H](N=NN2CC(=O)N2N=C3/C(=C/c4ccc(Cl)cc4Cl)CCC[C@@H]3[C@H]2c2ccc(Cl)cc2Cl)C(=O)N1c1cccc2ccccc12. The fourth-order valence-corrected chi connectivity index (χ4v) is 8.25. The van der Waals surface area contributed by atoms with Gasteiger partial charge in [-0.05, 0) is 77.8 Å². The molecule has 4 aromatic rings. The second-order valence-electron chi connectivity index (χ2n) is 12.4. The van der Waals surface area contributed by atoms with Crippen molar-refractivity contribution in [2.24, 2.45) is 21.4 Å².